The highest BCUT2D eigenvalue weighted by molar-refractivity contribution is 7.89. The van der Waals surface area contributed by atoms with Gasteiger partial charge in [0.25, 0.3) is 5.91 Å². The average molecular weight is 350 g/mol. The molecule has 2 heterocycles. The van der Waals surface area contributed by atoms with Crippen LogP contribution in [0.3, 0.4) is 0 Å². The van der Waals surface area contributed by atoms with Gasteiger partial charge in [0.05, 0.1) is 9.77 Å². The normalized spacial score (nSPS) is 15.7. The van der Waals surface area contributed by atoms with E-state index in [1.807, 2.05) is 31.2 Å². The molecule has 0 bridgehead atoms. The summed E-state index contributed by atoms with van der Waals surface area (Å²) in [6.07, 6.45) is 1.79. The molecule has 1 aromatic carbocycles. The summed E-state index contributed by atoms with van der Waals surface area (Å²) in [4.78, 5) is 12.9. The highest BCUT2D eigenvalue weighted by atomic mass is 32.2. The molecule has 1 N–H and O–H groups in total. The van der Waals surface area contributed by atoms with Crippen LogP contribution in [0.15, 0.2) is 40.6 Å². The highest BCUT2D eigenvalue weighted by Crippen LogP contribution is 2.26. The maximum atomic E-state index is 12.5. The number of aryl methyl sites for hydroxylation is 1. The molecule has 1 aromatic heterocycles. The van der Waals surface area contributed by atoms with Crippen LogP contribution in [0.2, 0.25) is 0 Å². The lowest BCUT2D eigenvalue weighted by molar-refractivity contribution is 0.103. The largest absolute Gasteiger partial charge is 0.321 e. The number of carbonyl (C=O) groups excluding carboxylic acids is 1. The van der Waals surface area contributed by atoms with Gasteiger partial charge in [-0.2, -0.15) is 4.31 Å². The SMILES string of the molecule is Cc1ccc(NC(=O)c2cc(S(=O)(=O)N3CCCC3)cs2)cc1. The Morgan fingerprint density at radius 2 is 1.83 bits per heavy atom. The van der Waals surface area contributed by atoms with Crippen LogP contribution in [0, 0.1) is 6.92 Å². The molecule has 0 saturated carbocycles. The van der Waals surface area contributed by atoms with Gasteiger partial charge in [0.1, 0.15) is 0 Å². The summed E-state index contributed by atoms with van der Waals surface area (Å²) in [5.41, 5.74) is 1.80. The van der Waals surface area contributed by atoms with Crippen LogP contribution in [-0.2, 0) is 10.0 Å². The molecule has 0 spiro atoms. The molecule has 122 valence electrons. The van der Waals surface area contributed by atoms with Gasteiger partial charge in [-0.25, -0.2) is 8.42 Å². The monoisotopic (exact) mass is 350 g/mol. The fourth-order valence-electron chi connectivity index (χ4n) is 2.48. The predicted octanol–water partition coefficient (Wildman–Crippen LogP) is 3.09. The number of rotatable bonds is 4. The maximum Gasteiger partial charge on any atom is 0.265 e. The Kier molecular flexibility index (Phi) is 4.52. The van der Waals surface area contributed by atoms with E-state index in [1.54, 1.807) is 0 Å². The van der Waals surface area contributed by atoms with Crippen LogP contribution in [0.25, 0.3) is 0 Å². The summed E-state index contributed by atoms with van der Waals surface area (Å²) >= 11 is 1.15. The Labute approximate surface area is 140 Å². The van der Waals surface area contributed by atoms with Crippen molar-refractivity contribution in [2.75, 3.05) is 18.4 Å². The number of sulfonamides is 1. The molecule has 1 aliphatic rings. The van der Waals surface area contributed by atoms with Crippen molar-refractivity contribution in [3.05, 3.63) is 46.2 Å². The molecular weight excluding hydrogens is 332 g/mol. The summed E-state index contributed by atoms with van der Waals surface area (Å²) < 4.78 is 26.4. The van der Waals surface area contributed by atoms with E-state index in [4.69, 9.17) is 0 Å². The van der Waals surface area contributed by atoms with E-state index < -0.39 is 10.0 Å². The van der Waals surface area contributed by atoms with Crippen LogP contribution in [0.1, 0.15) is 28.1 Å². The van der Waals surface area contributed by atoms with Gasteiger partial charge in [-0.05, 0) is 38.0 Å². The van der Waals surface area contributed by atoms with Crippen molar-refractivity contribution in [3.63, 3.8) is 0 Å². The highest BCUT2D eigenvalue weighted by Gasteiger charge is 2.28. The van der Waals surface area contributed by atoms with Gasteiger partial charge < -0.3 is 5.32 Å². The molecule has 7 heteroatoms. The van der Waals surface area contributed by atoms with Crippen molar-refractivity contribution >= 4 is 33.0 Å². The quantitative estimate of drug-likeness (QED) is 0.921. The summed E-state index contributed by atoms with van der Waals surface area (Å²) in [5, 5.41) is 4.32. The second kappa shape index (κ2) is 6.43. The van der Waals surface area contributed by atoms with Gasteiger partial charge in [0.2, 0.25) is 10.0 Å². The summed E-state index contributed by atoms with van der Waals surface area (Å²) in [6.45, 7) is 3.09. The molecule has 1 saturated heterocycles. The molecule has 1 fully saturated rings. The fraction of sp³-hybridized carbons (Fsp3) is 0.312. The maximum absolute atomic E-state index is 12.5. The number of anilines is 1. The van der Waals surface area contributed by atoms with Crippen molar-refractivity contribution in [2.24, 2.45) is 0 Å². The zero-order chi connectivity index (χ0) is 16.4. The molecule has 2 aromatic rings. The zero-order valence-electron chi connectivity index (χ0n) is 12.8. The first-order valence-electron chi connectivity index (χ1n) is 7.43. The van der Waals surface area contributed by atoms with Crippen LogP contribution < -0.4 is 5.32 Å². The molecule has 0 atom stereocenters. The number of amides is 1. The van der Waals surface area contributed by atoms with Crippen molar-refractivity contribution in [2.45, 2.75) is 24.7 Å². The number of nitrogens with zero attached hydrogens (tertiary/aromatic N) is 1. The van der Waals surface area contributed by atoms with Gasteiger partial charge in [-0.15, -0.1) is 11.3 Å². The molecule has 1 amide bonds. The van der Waals surface area contributed by atoms with Gasteiger partial charge in [0, 0.05) is 24.2 Å². The van der Waals surface area contributed by atoms with E-state index in [1.165, 1.54) is 15.8 Å². The second-order valence-corrected chi connectivity index (χ2v) is 8.43. The first kappa shape index (κ1) is 16.2. The van der Waals surface area contributed by atoms with Gasteiger partial charge in [-0.3, -0.25) is 4.79 Å². The molecule has 0 unspecified atom stereocenters. The second-order valence-electron chi connectivity index (χ2n) is 5.58. The third-order valence-electron chi connectivity index (χ3n) is 3.81. The molecule has 0 radical (unpaired) electrons. The number of nitrogens with one attached hydrogen (secondary N) is 1. The minimum atomic E-state index is -3.47. The molecule has 0 aliphatic carbocycles. The lowest BCUT2D eigenvalue weighted by Gasteiger charge is -2.13. The lowest BCUT2D eigenvalue weighted by atomic mass is 10.2. The van der Waals surface area contributed by atoms with Crippen LogP contribution >= 0.6 is 11.3 Å². The number of hydrogen-bond donors (Lipinski definition) is 1. The Bertz CT molecular complexity index is 804. The van der Waals surface area contributed by atoms with E-state index >= 15 is 0 Å². The number of benzene rings is 1. The lowest BCUT2D eigenvalue weighted by Crippen LogP contribution is -2.27. The Hall–Kier alpha value is -1.70. The standard InChI is InChI=1S/C16H18N2O3S2/c1-12-4-6-13(7-5-12)17-16(19)15-10-14(11-22-15)23(20,21)18-8-2-3-9-18/h4-7,10-11H,2-3,8-9H2,1H3,(H,17,19). The van der Waals surface area contributed by atoms with E-state index in [9.17, 15) is 13.2 Å². The first-order chi connectivity index (χ1) is 11.0. The van der Waals surface area contributed by atoms with E-state index in [0.717, 1.165) is 29.7 Å². The molecule has 5 nitrogen and oxygen atoms in total. The van der Waals surface area contributed by atoms with E-state index in [2.05, 4.69) is 5.32 Å². The van der Waals surface area contributed by atoms with Gasteiger partial charge in [0.15, 0.2) is 0 Å². The molecule has 3 rings (SSSR count). The van der Waals surface area contributed by atoms with Crippen molar-refractivity contribution in [1.82, 2.24) is 4.31 Å². The Morgan fingerprint density at radius 1 is 1.17 bits per heavy atom. The molecule has 23 heavy (non-hydrogen) atoms. The summed E-state index contributed by atoms with van der Waals surface area (Å²) in [7, 11) is -3.47. The van der Waals surface area contributed by atoms with Crippen molar-refractivity contribution in [3.8, 4) is 0 Å². The van der Waals surface area contributed by atoms with Crippen LogP contribution in [0.5, 0.6) is 0 Å². The van der Waals surface area contributed by atoms with E-state index in [0.29, 0.717) is 23.7 Å². The summed E-state index contributed by atoms with van der Waals surface area (Å²) in [6, 6.07) is 8.92. The predicted molar refractivity (Wildman–Crippen MR) is 91.4 cm³/mol. The van der Waals surface area contributed by atoms with Crippen molar-refractivity contribution in [1.29, 1.82) is 0 Å². The smallest absolute Gasteiger partial charge is 0.265 e. The third kappa shape index (κ3) is 3.46. The van der Waals surface area contributed by atoms with Gasteiger partial charge in [-0.1, -0.05) is 17.7 Å². The zero-order valence-corrected chi connectivity index (χ0v) is 14.4. The molecule has 1 aliphatic heterocycles. The Balaban J connectivity index is 1.76. The summed E-state index contributed by atoms with van der Waals surface area (Å²) in [5.74, 6) is -0.290. The minimum absolute atomic E-state index is 0.207. The topological polar surface area (TPSA) is 66.5 Å². The van der Waals surface area contributed by atoms with Crippen molar-refractivity contribution < 1.29 is 13.2 Å². The Morgan fingerprint density at radius 3 is 2.48 bits per heavy atom. The number of thiophene rings is 1. The first-order valence-corrected chi connectivity index (χ1v) is 9.75. The average Bonchev–Trinajstić information content (AvgIpc) is 3.21. The van der Waals surface area contributed by atoms with E-state index in [-0.39, 0.29) is 10.8 Å². The van der Waals surface area contributed by atoms with Gasteiger partial charge >= 0.3 is 0 Å². The number of carbonyl (C=O) groups is 1. The van der Waals surface area contributed by atoms with Crippen LogP contribution in [0.4, 0.5) is 5.69 Å². The third-order valence-corrected chi connectivity index (χ3v) is 6.77. The van der Waals surface area contributed by atoms with Crippen LogP contribution in [-0.4, -0.2) is 31.7 Å². The fourth-order valence-corrected chi connectivity index (χ4v) is 5.15. The molecular formula is C16H18N2O3S2. The number of hydrogen-bond acceptors (Lipinski definition) is 4. The minimum Gasteiger partial charge on any atom is -0.321 e.